The number of amides is 1. The van der Waals surface area contributed by atoms with Crippen molar-refractivity contribution < 1.29 is 14.6 Å². The fourth-order valence-corrected chi connectivity index (χ4v) is 3.43. The quantitative estimate of drug-likeness (QED) is 0.805. The van der Waals surface area contributed by atoms with Gasteiger partial charge in [0.2, 0.25) is 0 Å². The predicted octanol–water partition coefficient (Wildman–Crippen LogP) is 3.27. The summed E-state index contributed by atoms with van der Waals surface area (Å²) >= 11 is 0. The molecule has 142 valence electrons. The van der Waals surface area contributed by atoms with Crippen molar-refractivity contribution >= 4 is 6.09 Å². The Morgan fingerprint density at radius 1 is 1.29 bits per heavy atom. The first-order chi connectivity index (χ1) is 10.9. The molecular formula is C19H38N2O3. The molecule has 5 nitrogen and oxygen atoms in total. The number of hydrogen-bond acceptors (Lipinski definition) is 4. The van der Waals surface area contributed by atoms with Crippen molar-refractivity contribution in [1.29, 1.82) is 0 Å². The molecule has 2 N–H and O–H groups in total. The van der Waals surface area contributed by atoms with Crippen LogP contribution in [-0.2, 0) is 4.74 Å². The number of likely N-dealkylation sites (tertiary alicyclic amines) is 1. The molecule has 1 fully saturated rings. The molecule has 3 atom stereocenters. The third-order valence-electron chi connectivity index (χ3n) is 4.63. The number of aliphatic hydroxyl groups excluding tert-OH is 1. The zero-order valence-corrected chi connectivity index (χ0v) is 16.7. The lowest BCUT2D eigenvalue weighted by molar-refractivity contribution is 0.00259. The van der Waals surface area contributed by atoms with E-state index in [0.717, 1.165) is 19.4 Å². The predicted molar refractivity (Wildman–Crippen MR) is 98.0 cm³/mol. The highest BCUT2D eigenvalue weighted by molar-refractivity contribution is 5.68. The number of nitrogens with one attached hydrogen (secondary N) is 1. The molecule has 0 bridgehead atoms. The minimum atomic E-state index is -0.455. The van der Waals surface area contributed by atoms with Gasteiger partial charge in [-0.25, -0.2) is 4.79 Å². The van der Waals surface area contributed by atoms with E-state index in [4.69, 9.17) is 4.74 Å². The van der Waals surface area contributed by atoms with Crippen molar-refractivity contribution in [3.63, 3.8) is 0 Å². The first-order valence-corrected chi connectivity index (χ1v) is 9.27. The number of hydrogen-bond donors (Lipinski definition) is 2. The zero-order chi connectivity index (χ0) is 18.5. The SMILES string of the molecule is CC1CN(C(=O)OC(C)(C)C)CCC1C(CO)CCNC(C)(C)C. The molecule has 0 spiro atoms. The van der Waals surface area contributed by atoms with Gasteiger partial charge in [0, 0.05) is 25.2 Å². The van der Waals surface area contributed by atoms with Gasteiger partial charge in [-0.3, -0.25) is 0 Å². The molecule has 1 rings (SSSR count). The van der Waals surface area contributed by atoms with E-state index in [1.165, 1.54) is 0 Å². The van der Waals surface area contributed by atoms with Gasteiger partial charge in [0.25, 0.3) is 0 Å². The van der Waals surface area contributed by atoms with Crippen LogP contribution in [-0.4, -0.2) is 53.5 Å². The number of carbonyl (C=O) groups is 1. The average Bonchev–Trinajstić information content (AvgIpc) is 2.41. The summed E-state index contributed by atoms with van der Waals surface area (Å²) in [7, 11) is 0. The van der Waals surface area contributed by atoms with Crippen molar-refractivity contribution in [3.05, 3.63) is 0 Å². The molecule has 0 aliphatic carbocycles. The molecule has 1 aliphatic heterocycles. The molecule has 5 heteroatoms. The lowest BCUT2D eigenvalue weighted by Gasteiger charge is -2.40. The highest BCUT2D eigenvalue weighted by Gasteiger charge is 2.34. The normalized spacial score (nSPS) is 23.9. The van der Waals surface area contributed by atoms with Gasteiger partial charge in [-0.2, -0.15) is 0 Å². The molecule has 3 unspecified atom stereocenters. The Labute approximate surface area is 148 Å². The molecule has 0 aromatic rings. The zero-order valence-electron chi connectivity index (χ0n) is 16.7. The number of carbonyl (C=O) groups excluding carboxylic acids is 1. The van der Waals surface area contributed by atoms with E-state index in [2.05, 4.69) is 33.0 Å². The van der Waals surface area contributed by atoms with Gasteiger partial charge in [-0.1, -0.05) is 6.92 Å². The molecular weight excluding hydrogens is 304 g/mol. The minimum absolute atomic E-state index is 0.103. The number of aliphatic hydroxyl groups is 1. The van der Waals surface area contributed by atoms with Crippen molar-refractivity contribution in [1.82, 2.24) is 10.2 Å². The second kappa shape index (κ2) is 8.52. The van der Waals surface area contributed by atoms with Crippen LogP contribution in [0.25, 0.3) is 0 Å². The van der Waals surface area contributed by atoms with Crippen LogP contribution in [0.3, 0.4) is 0 Å². The van der Waals surface area contributed by atoms with Crippen LogP contribution in [0.1, 0.15) is 61.3 Å². The second-order valence-electron chi connectivity index (χ2n) is 9.26. The first kappa shape index (κ1) is 21.2. The van der Waals surface area contributed by atoms with E-state index in [0.29, 0.717) is 24.9 Å². The summed E-state index contributed by atoms with van der Waals surface area (Å²) in [5, 5.41) is 13.3. The van der Waals surface area contributed by atoms with E-state index in [1.807, 2.05) is 25.7 Å². The summed E-state index contributed by atoms with van der Waals surface area (Å²) < 4.78 is 5.48. The van der Waals surface area contributed by atoms with Gasteiger partial charge < -0.3 is 20.1 Å². The van der Waals surface area contributed by atoms with E-state index >= 15 is 0 Å². The smallest absolute Gasteiger partial charge is 0.410 e. The standard InChI is InChI=1S/C19H38N2O3/c1-14-12-21(17(23)24-19(5,6)7)11-9-16(14)15(13-22)8-10-20-18(2,3)4/h14-16,20,22H,8-13H2,1-7H3. The molecule has 0 saturated carbocycles. The first-order valence-electron chi connectivity index (χ1n) is 9.27. The van der Waals surface area contributed by atoms with Gasteiger partial charge in [0.05, 0.1) is 0 Å². The highest BCUT2D eigenvalue weighted by atomic mass is 16.6. The number of rotatable bonds is 5. The average molecular weight is 343 g/mol. The van der Waals surface area contributed by atoms with Crippen molar-refractivity contribution in [2.75, 3.05) is 26.2 Å². The lowest BCUT2D eigenvalue weighted by Crippen LogP contribution is -2.47. The number of piperidine rings is 1. The van der Waals surface area contributed by atoms with E-state index in [-0.39, 0.29) is 24.2 Å². The Balaban J connectivity index is 2.53. The van der Waals surface area contributed by atoms with E-state index in [1.54, 1.807) is 0 Å². The highest BCUT2D eigenvalue weighted by Crippen LogP contribution is 2.32. The topological polar surface area (TPSA) is 61.8 Å². The molecule has 1 aliphatic rings. The molecule has 1 heterocycles. The van der Waals surface area contributed by atoms with Gasteiger partial charge in [0.15, 0.2) is 0 Å². The third-order valence-corrected chi connectivity index (χ3v) is 4.63. The molecule has 1 amide bonds. The van der Waals surface area contributed by atoms with Crippen molar-refractivity contribution in [2.45, 2.75) is 72.4 Å². The third kappa shape index (κ3) is 7.39. The Kier molecular flexibility index (Phi) is 7.54. The van der Waals surface area contributed by atoms with Crippen LogP contribution in [0, 0.1) is 17.8 Å². The minimum Gasteiger partial charge on any atom is -0.444 e. The van der Waals surface area contributed by atoms with Crippen LogP contribution >= 0.6 is 0 Å². The summed E-state index contributed by atoms with van der Waals surface area (Å²) in [6, 6.07) is 0. The summed E-state index contributed by atoms with van der Waals surface area (Å²) in [5.41, 5.74) is -0.352. The van der Waals surface area contributed by atoms with E-state index in [9.17, 15) is 9.90 Å². The van der Waals surface area contributed by atoms with Crippen LogP contribution in [0.2, 0.25) is 0 Å². The van der Waals surface area contributed by atoms with Crippen LogP contribution < -0.4 is 5.32 Å². The Morgan fingerprint density at radius 2 is 1.92 bits per heavy atom. The largest absolute Gasteiger partial charge is 0.444 e. The maximum atomic E-state index is 12.2. The van der Waals surface area contributed by atoms with Gasteiger partial charge in [-0.05, 0) is 78.7 Å². The van der Waals surface area contributed by atoms with Crippen molar-refractivity contribution in [3.8, 4) is 0 Å². The molecule has 1 saturated heterocycles. The summed E-state index contributed by atoms with van der Waals surface area (Å²) in [6.07, 6.45) is 1.68. The number of nitrogens with zero attached hydrogens (tertiary/aromatic N) is 1. The maximum absolute atomic E-state index is 12.2. The van der Waals surface area contributed by atoms with E-state index < -0.39 is 5.60 Å². The maximum Gasteiger partial charge on any atom is 0.410 e. The Bertz CT molecular complexity index is 398. The fraction of sp³-hybridized carbons (Fsp3) is 0.947. The molecule has 0 aromatic heterocycles. The molecule has 24 heavy (non-hydrogen) atoms. The summed E-state index contributed by atoms with van der Waals surface area (Å²) in [6.45, 7) is 16.9. The van der Waals surface area contributed by atoms with Crippen LogP contribution in [0.5, 0.6) is 0 Å². The number of ether oxygens (including phenoxy) is 1. The molecule has 0 radical (unpaired) electrons. The van der Waals surface area contributed by atoms with Crippen LogP contribution in [0.15, 0.2) is 0 Å². The van der Waals surface area contributed by atoms with Gasteiger partial charge in [-0.15, -0.1) is 0 Å². The molecule has 0 aromatic carbocycles. The van der Waals surface area contributed by atoms with Crippen LogP contribution in [0.4, 0.5) is 4.79 Å². The monoisotopic (exact) mass is 342 g/mol. The lowest BCUT2D eigenvalue weighted by atomic mass is 9.76. The fourth-order valence-electron chi connectivity index (χ4n) is 3.43. The second-order valence-corrected chi connectivity index (χ2v) is 9.26. The van der Waals surface area contributed by atoms with Crippen molar-refractivity contribution in [2.24, 2.45) is 17.8 Å². The van der Waals surface area contributed by atoms with Gasteiger partial charge >= 0.3 is 6.09 Å². The Hall–Kier alpha value is -0.810. The summed E-state index contributed by atoms with van der Waals surface area (Å²) in [5.74, 6) is 1.11. The van der Waals surface area contributed by atoms with Gasteiger partial charge in [0.1, 0.15) is 5.60 Å². The summed E-state index contributed by atoms with van der Waals surface area (Å²) in [4.78, 5) is 14.0. The Morgan fingerprint density at radius 3 is 2.38 bits per heavy atom.